The van der Waals surface area contributed by atoms with Gasteiger partial charge < -0.3 is 19.9 Å². The number of carbonyl (C=O) groups is 2. The number of rotatable bonds is 9. The van der Waals surface area contributed by atoms with Crippen molar-refractivity contribution in [1.82, 2.24) is 9.55 Å². The molecule has 1 aromatic heterocycles. The molecule has 1 aliphatic heterocycles. The van der Waals surface area contributed by atoms with E-state index in [1.54, 1.807) is 37.3 Å². The van der Waals surface area contributed by atoms with E-state index >= 15 is 0 Å². The quantitative estimate of drug-likeness (QED) is 0.373. The number of aryl methyl sites for hydroxylation is 1. The molecule has 2 aromatic rings. The lowest BCUT2D eigenvalue weighted by molar-refractivity contribution is -0.155. The number of aromatic nitrogens is 2. The molecular formula is C22H27N3O9S. The van der Waals surface area contributed by atoms with Gasteiger partial charge in [-0.25, -0.2) is 4.79 Å². The van der Waals surface area contributed by atoms with Crippen LogP contribution in [0.4, 0.5) is 5.82 Å². The fraction of sp³-hybridized carbons (Fsp3) is 0.455. The lowest BCUT2D eigenvalue weighted by Gasteiger charge is -2.24. The molecule has 0 bridgehead atoms. The Bertz CT molecular complexity index is 1230. The molecule has 4 atom stereocenters. The Kier molecular flexibility index (Phi) is 8.25. The SMILES string of the molecule is CCc1cn([C@@H]2O[C@H](COC(C)=O)[C@H](OS(=O)(=O)Cc3ccccc3)[C@H]2OC(C)=O)c(=O)nc1N. The van der Waals surface area contributed by atoms with E-state index in [0.29, 0.717) is 17.5 Å². The minimum Gasteiger partial charge on any atom is -0.463 e. The number of hydrogen-bond acceptors (Lipinski definition) is 11. The van der Waals surface area contributed by atoms with Gasteiger partial charge in [0.15, 0.2) is 12.3 Å². The number of hydrogen-bond donors (Lipinski definition) is 1. The number of nitrogens with zero attached hydrogens (tertiary/aromatic N) is 2. The standard InChI is InChI=1S/C22H27N3O9S/c1-4-16-10-25(22(28)24-20(16)23)21-19(32-14(3)27)18(17(33-21)11-31-13(2)26)34-35(29,30)12-15-8-6-5-7-9-15/h5-10,17-19,21H,4,11-12H2,1-3H3,(H2,23,24,28)/t17-,18+,19-,21-/m1/s1. The first-order valence-corrected chi connectivity index (χ1v) is 12.4. The van der Waals surface area contributed by atoms with Gasteiger partial charge in [0.2, 0.25) is 0 Å². The Labute approximate surface area is 202 Å². The van der Waals surface area contributed by atoms with Gasteiger partial charge in [0.25, 0.3) is 10.1 Å². The van der Waals surface area contributed by atoms with Gasteiger partial charge in [-0.2, -0.15) is 13.4 Å². The van der Waals surface area contributed by atoms with Gasteiger partial charge in [0.05, 0.1) is 0 Å². The van der Waals surface area contributed by atoms with E-state index in [0.717, 1.165) is 11.5 Å². The minimum absolute atomic E-state index is 0.0329. The molecule has 13 heteroatoms. The van der Waals surface area contributed by atoms with E-state index in [1.165, 1.54) is 13.1 Å². The summed E-state index contributed by atoms with van der Waals surface area (Å²) in [6, 6.07) is 8.32. The highest BCUT2D eigenvalue weighted by atomic mass is 32.2. The molecule has 0 saturated carbocycles. The third-order valence-corrected chi connectivity index (χ3v) is 6.40. The van der Waals surface area contributed by atoms with Crippen LogP contribution in [0.5, 0.6) is 0 Å². The van der Waals surface area contributed by atoms with Crippen LogP contribution >= 0.6 is 0 Å². The topological polar surface area (TPSA) is 166 Å². The third kappa shape index (κ3) is 6.65. The maximum atomic E-state index is 12.9. The first-order valence-electron chi connectivity index (χ1n) is 10.8. The molecule has 1 fully saturated rings. The molecule has 1 aromatic carbocycles. The lowest BCUT2D eigenvalue weighted by atomic mass is 10.1. The van der Waals surface area contributed by atoms with Crippen molar-refractivity contribution in [1.29, 1.82) is 0 Å². The molecule has 0 amide bonds. The second-order valence-electron chi connectivity index (χ2n) is 7.88. The second-order valence-corrected chi connectivity index (χ2v) is 9.48. The van der Waals surface area contributed by atoms with E-state index < -0.39 is 64.6 Å². The molecule has 2 N–H and O–H groups in total. The normalized spacial score (nSPS) is 22.0. The summed E-state index contributed by atoms with van der Waals surface area (Å²) < 4.78 is 48.6. The summed E-state index contributed by atoms with van der Waals surface area (Å²) in [6.45, 7) is 3.67. The van der Waals surface area contributed by atoms with Crippen molar-refractivity contribution in [2.24, 2.45) is 0 Å². The number of benzene rings is 1. The van der Waals surface area contributed by atoms with Crippen molar-refractivity contribution in [3.8, 4) is 0 Å². The molecule has 3 rings (SSSR count). The first-order chi connectivity index (χ1) is 16.5. The van der Waals surface area contributed by atoms with E-state index in [9.17, 15) is 22.8 Å². The molecule has 0 radical (unpaired) electrons. The van der Waals surface area contributed by atoms with Crippen LogP contribution in [0.25, 0.3) is 0 Å². The van der Waals surface area contributed by atoms with Crippen LogP contribution in [-0.4, -0.2) is 54.8 Å². The maximum absolute atomic E-state index is 12.9. The smallest absolute Gasteiger partial charge is 0.351 e. The van der Waals surface area contributed by atoms with Gasteiger partial charge in [-0.05, 0) is 12.0 Å². The highest BCUT2D eigenvalue weighted by Crippen LogP contribution is 2.35. The van der Waals surface area contributed by atoms with Crippen molar-refractivity contribution < 1.29 is 36.4 Å². The van der Waals surface area contributed by atoms with Crippen molar-refractivity contribution in [3.05, 3.63) is 58.1 Å². The van der Waals surface area contributed by atoms with Crippen LogP contribution in [0, 0.1) is 0 Å². The maximum Gasteiger partial charge on any atom is 0.351 e. The summed E-state index contributed by atoms with van der Waals surface area (Å²) in [5, 5.41) is 0. The van der Waals surface area contributed by atoms with Crippen LogP contribution in [0.2, 0.25) is 0 Å². The average Bonchev–Trinajstić information content (AvgIpc) is 3.08. The van der Waals surface area contributed by atoms with Crippen LogP contribution in [0.3, 0.4) is 0 Å². The lowest BCUT2D eigenvalue weighted by Crippen LogP contribution is -2.42. The zero-order valence-electron chi connectivity index (χ0n) is 19.4. The van der Waals surface area contributed by atoms with Crippen LogP contribution in [0.15, 0.2) is 41.3 Å². The number of esters is 2. The number of ether oxygens (including phenoxy) is 3. The van der Waals surface area contributed by atoms with Gasteiger partial charge in [-0.1, -0.05) is 37.3 Å². The Morgan fingerprint density at radius 2 is 1.83 bits per heavy atom. The average molecular weight is 510 g/mol. The predicted octanol–water partition coefficient (Wildman–Crippen LogP) is 0.695. The number of carbonyl (C=O) groups excluding carboxylic acids is 2. The number of anilines is 1. The summed E-state index contributed by atoms with van der Waals surface area (Å²) in [5.41, 5.74) is 5.98. The Hall–Kier alpha value is -3.29. The molecule has 1 aliphatic rings. The Morgan fingerprint density at radius 3 is 2.43 bits per heavy atom. The van der Waals surface area contributed by atoms with E-state index in [1.807, 2.05) is 0 Å². The fourth-order valence-electron chi connectivity index (χ4n) is 3.66. The van der Waals surface area contributed by atoms with Crippen LogP contribution < -0.4 is 11.4 Å². The van der Waals surface area contributed by atoms with Crippen LogP contribution in [0.1, 0.15) is 38.1 Å². The largest absolute Gasteiger partial charge is 0.463 e. The summed E-state index contributed by atoms with van der Waals surface area (Å²) in [6.07, 6.45) is -3.48. The van der Waals surface area contributed by atoms with Gasteiger partial charge in [-0.15, -0.1) is 0 Å². The highest BCUT2D eigenvalue weighted by molar-refractivity contribution is 7.85. The Morgan fingerprint density at radius 1 is 1.14 bits per heavy atom. The van der Waals surface area contributed by atoms with Crippen molar-refractivity contribution in [2.75, 3.05) is 12.3 Å². The zero-order valence-corrected chi connectivity index (χ0v) is 20.3. The highest BCUT2D eigenvalue weighted by Gasteiger charge is 2.51. The van der Waals surface area contributed by atoms with Crippen LogP contribution in [-0.2, 0) is 50.3 Å². The molecule has 0 aliphatic carbocycles. The summed E-state index contributed by atoms with van der Waals surface area (Å²) in [4.78, 5) is 39.8. The van der Waals surface area contributed by atoms with Gasteiger partial charge >= 0.3 is 17.6 Å². The third-order valence-electron chi connectivity index (χ3n) is 5.20. The summed E-state index contributed by atoms with van der Waals surface area (Å²) >= 11 is 0. The zero-order chi connectivity index (χ0) is 25.8. The minimum atomic E-state index is -4.23. The van der Waals surface area contributed by atoms with Crippen molar-refractivity contribution in [2.45, 2.75) is 57.5 Å². The molecule has 1 saturated heterocycles. The first kappa shape index (κ1) is 26.3. The van der Waals surface area contributed by atoms with Gasteiger partial charge in [-0.3, -0.25) is 18.3 Å². The monoisotopic (exact) mass is 509 g/mol. The molecule has 35 heavy (non-hydrogen) atoms. The summed E-state index contributed by atoms with van der Waals surface area (Å²) in [7, 11) is -4.23. The molecule has 0 spiro atoms. The Balaban J connectivity index is 2.01. The van der Waals surface area contributed by atoms with E-state index in [-0.39, 0.29) is 5.82 Å². The fourth-order valence-corrected chi connectivity index (χ4v) is 4.90. The summed E-state index contributed by atoms with van der Waals surface area (Å²) in [5.74, 6) is -1.85. The molecular weight excluding hydrogens is 482 g/mol. The molecule has 2 heterocycles. The second kappa shape index (κ2) is 11.0. The predicted molar refractivity (Wildman–Crippen MR) is 122 cm³/mol. The van der Waals surface area contributed by atoms with Gasteiger partial charge in [0.1, 0.15) is 30.4 Å². The van der Waals surface area contributed by atoms with E-state index in [4.69, 9.17) is 24.1 Å². The molecule has 190 valence electrons. The molecule has 0 unspecified atom stereocenters. The van der Waals surface area contributed by atoms with Crippen molar-refractivity contribution in [3.63, 3.8) is 0 Å². The van der Waals surface area contributed by atoms with E-state index in [2.05, 4.69) is 4.98 Å². The number of nitrogen functional groups attached to an aromatic ring is 1. The molecule has 12 nitrogen and oxygen atoms in total. The van der Waals surface area contributed by atoms with Gasteiger partial charge in [0, 0.05) is 25.6 Å². The van der Waals surface area contributed by atoms with Crippen molar-refractivity contribution >= 4 is 27.9 Å². The number of nitrogens with two attached hydrogens (primary N) is 1.